The van der Waals surface area contributed by atoms with E-state index in [1.807, 2.05) is 12.1 Å². The summed E-state index contributed by atoms with van der Waals surface area (Å²) in [6.07, 6.45) is 0. The largest absolute Gasteiger partial charge is 0.497 e. The molecule has 2 rings (SSSR count). The lowest BCUT2D eigenvalue weighted by atomic mass is 10.2. The van der Waals surface area contributed by atoms with E-state index in [1.54, 1.807) is 33.1 Å². The predicted molar refractivity (Wildman–Crippen MR) is 109 cm³/mol. The Labute approximate surface area is 170 Å². The molecule has 0 heterocycles. The number of rotatable bonds is 9. The summed E-state index contributed by atoms with van der Waals surface area (Å²) in [6.45, 7) is 3.58. The van der Waals surface area contributed by atoms with Crippen LogP contribution in [0.5, 0.6) is 5.75 Å². The Balaban J connectivity index is 1.84. The Bertz CT molecular complexity index is 939. The molecule has 8 nitrogen and oxygen atoms in total. The van der Waals surface area contributed by atoms with Crippen molar-refractivity contribution in [3.8, 4) is 5.75 Å². The summed E-state index contributed by atoms with van der Waals surface area (Å²) in [4.78, 5) is 24.2. The van der Waals surface area contributed by atoms with Crippen molar-refractivity contribution in [3.63, 3.8) is 0 Å². The molecular formula is C20H25N3O5S. The van der Waals surface area contributed by atoms with Gasteiger partial charge in [-0.15, -0.1) is 0 Å². The molecule has 2 aromatic carbocycles. The van der Waals surface area contributed by atoms with E-state index in [4.69, 9.17) is 4.74 Å². The van der Waals surface area contributed by atoms with Gasteiger partial charge in [0.1, 0.15) is 5.75 Å². The third-order valence-electron chi connectivity index (χ3n) is 3.88. The Kier molecular flexibility index (Phi) is 7.74. The number of methoxy groups -OCH3 is 1. The molecule has 0 aromatic heterocycles. The number of nitrogens with one attached hydrogen (secondary N) is 3. The zero-order valence-corrected chi connectivity index (χ0v) is 17.4. The van der Waals surface area contributed by atoms with E-state index in [0.717, 1.165) is 11.3 Å². The van der Waals surface area contributed by atoms with Gasteiger partial charge >= 0.3 is 0 Å². The molecular weight excluding hydrogens is 394 g/mol. The van der Waals surface area contributed by atoms with Crippen LogP contribution in [0, 0.1) is 0 Å². The fourth-order valence-corrected chi connectivity index (χ4v) is 3.68. The topological polar surface area (TPSA) is 114 Å². The molecule has 0 atom stereocenters. The van der Waals surface area contributed by atoms with Crippen LogP contribution in [0.3, 0.4) is 0 Å². The maximum absolute atomic E-state index is 12.2. The van der Waals surface area contributed by atoms with Crippen molar-refractivity contribution < 1.29 is 22.7 Å². The molecule has 29 heavy (non-hydrogen) atoms. The van der Waals surface area contributed by atoms with Gasteiger partial charge in [0.25, 0.3) is 5.91 Å². The van der Waals surface area contributed by atoms with Crippen LogP contribution in [0.1, 0.15) is 29.8 Å². The van der Waals surface area contributed by atoms with Crippen molar-refractivity contribution in [3.05, 3.63) is 59.7 Å². The Morgan fingerprint density at radius 3 is 2.14 bits per heavy atom. The third-order valence-corrected chi connectivity index (χ3v) is 5.55. The molecule has 0 saturated heterocycles. The van der Waals surface area contributed by atoms with Gasteiger partial charge < -0.3 is 15.4 Å². The van der Waals surface area contributed by atoms with E-state index in [-0.39, 0.29) is 29.0 Å². The average molecular weight is 420 g/mol. The summed E-state index contributed by atoms with van der Waals surface area (Å²) in [5, 5.41) is 5.22. The fraction of sp³-hybridized carbons (Fsp3) is 0.300. The van der Waals surface area contributed by atoms with Gasteiger partial charge in [0.15, 0.2) is 0 Å². The summed E-state index contributed by atoms with van der Waals surface area (Å²) >= 11 is 0. The minimum atomic E-state index is -3.62. The highest BCUT2D eigenvalue weighted by Gasteiger charge is 2.16. The molecule has 9 heteroatoms. The number of ether oxygens (including phenoxy) is 1. The molecule has 2 aromatic rings. The van der Waals surface area contributed by atoms with Gasteiger partial charge in [-0.3, -0.25) is 9.59 Å². The predicted octanol–water partition coefficient (Wildman–Crippen LogP) is 1.43. The second kappa shape index (κ2) is 10.0. The maximum Gasteiger partial charge on any atom is 0.251 e. The Morgan fingerprint density at radius 2 is 1.59 bits per heavy atom. The second-order valence-corrected chi connectivity index (χ2v) is 8.32. The second-order valence-electron chi connectivity index (χ2n) is 6.61. The summed E-state index contributed by atoms with van der Waals surface area (Å²) < 4.78 is 31.7. The van der Waals surface area contributed by atoms with Gasteiger partial charge in [-0.2, -0.15) is 0 Å². The van der Waals surface area contributed by atoms with E-state index in [2.05, 4.69) is 15.4 Å². The molecule has 0 spiro atoms. The first-order chi connectivity index (χ1) is 13.7. The van der Waals surface area contributed by atoms with Gasteiger partial charge in [0, 0.05) is 18.2 Å². The Morgan fingerprint density at radius 1 is 0.966 bits per heavy atom. The standard InChI is InChI=1S/C20H25N3O5S/c1-14(2)23-29(26,27)18-10-6-16(7-11-18)20(25)22-13-19(24)21-12-15-4-8-17(28-3)9-5-15/h4-11,14,23H,12-13H2,1-3H3,(H,21,24)(H,22,25). The lowest BCUT2D eigenvalue weighted by Gasteiger charge is -2.10. The van der Waals surface area contributed by atoms with E-state index in [0.29, 0.717) is 6.54 Å². The summed E-state index contributed by atoms with van der Waals surface area (Å²) in [5.74, 6) is -0.0778. The van der Waals surface area contributed by atoms with Crippen LogP contribution in [0.2, 0.25) is 0 Å². The van der Waals surface area contributed by atoms with Gasteiger partial charge in [-0.05, 0) is 55.8 Å². The highest BCUT2D eigenvalue weighted by molar-refractivity contribution is 7.89. The monoisotopic (exact) mass is 419 g/mol. The molecule has 0 saturated carbocycles. The first kappa shape index (κ1) is 22.4. The molecule has 0 aliphatic heterocycles. The van der Waals surface area contributed by atoms with Gasteiger partial charge in [-0.25, -0.2) is 13.1 Å². The number of hydrogen-bond acceptors (Lipinski definition) is 5. The SMILES string of the molecule is COc1ccc(CNC(=O)CNC(=O)c2ccc(S(=O)(=O)NC(C)C)cc2)cc1. The molecule has 0 aliphatic carbocycles. The number of carbonyl (C=O) groups excluding carboxylic acids is 2. The van der Waals surface area contributed by atoms with Crippen LogP contribution in [0.15, 0.2) is 53.4 Å². The number of amides is 2. The van der Waals surface area contributed by atoms with Crippen molar-refractivity contribution in [1.82, 2.24) is 15.4 Å². The number of sulfonamides is 1. The Hall–Kier alpha value is -2.91. The van der Waals surface area contributed by atoms with Crippen LogP contribution in [-0.2, 0) is 21.4 Å². The van der Waals surface area contributed by atoms with Gasteiger partial charge in [0.2, 0.25) is 15.9 Å². The zero-order valence-electron chi connectivity index (χ0n) is 16.6. The van der Waals surface area contributed by atoms with Crippen LogP contribution < -0.4 is 20.1 Å². The fourth-order valence-electron chi connectivity index (χ4n) is 2.43. The van der Waals surface area contributed by atoms with Crippen LogP contribution in [0.4, 0.5) is 0 Å². The van der Waals surface area contributed by atoms with Gasteiger partial charge in [-0.1, -0.05) is 12.1 Å². The molecule has 2 amide bonds. The minimum Gasteiger partial charge on any atom is -0.497 e. The van der Waals surface area contributed by atoms with E-state index < -0.39 is 15.9 Å². The molecule has 0 aliphatic rings. The smallest absolute Gasteiger partial charge is 0.251 e. The zero-order chi connectivity index (χ0) is 21.4. The lowest BCUT2D eigenvalue weighted by molar-refractivity contribution is -0.120. The third kappa shape index (κ3) is 6.88. The van der Waals surface area contributed by atoms with Crippen molar-refractivity contribution in [2.24, 2.45) is 0 Å². The normalized spacial score (nSPS) is 11.2. The van der Waals surface area contributed by atoms with Crippen molar-refractivity contribution in [1.29, 1.82) is 0 Å². The average Bonchev–Trinajstić information content (AvgIpc) is 2.70. The molecule has 0 unspecified atom stereocenters. The van der Waals surface area contributed by atoms with Crippen LogP contribution in [-0.4, -0.2) is 39.9 Å². The lowest BCUT2D eigenvalue weighted by Crippen LogP contribution is -2.36. The van der Waals surface area contributed by atoms with Crippen molar-refractivity contribution in [2.75, 3.05) is 13.7 Å². The first-order valence-corrected chi connectivity index (χ1v) is 10.5. The summed E-state index contributed by atoms with van der Waals surface area (Å²) in [5.41, 5.74) is 1.16. The number of carbonyl (C=O) groups is 2. The van der Waals surface area contributed by atoms with Crippen molar-refractivity contribution in [2.45, 2.75) is 31.3 Å². The quantitative estimate of drug-likeness (QED) is 0.569. The summed E-state index contributed by atoms with van der Waals surface area (Å²) in [6, 6.07) is 12.5. The van der Waals surface area contributed by atoms with Gasteiger partial charge in [0.05, 0.1) is 18.6 Å². The van der Waals surface area contributed by atoms with E-state index in [9.17, 15) is 18.0 Å². The number of benzene rings is 2. The summed E-state index contributed by atoms with van der Waals surface area (Å²) in [7, 11) is -2.04. The highest BCUT2D eigenvalue weighted by Crippen LogP contribution is 2.12. The van der Waals surface area contributed by atoms with Crippen LogP contribution >= 0.6 is 0 Å². The van der Waals surface area contributed by atoms with E-state index in [1.165, 1.54) is 24.3 Å². The first-order valence-electron chi connectivity index (χ1n) is 9.01. The van der Waals surface area contributed by atoms with Crippen molar-refractivity contribution >= 4 is 21.8 Å². The molecule has 0 fully saturated rings. The highest BCUT2D eigenvalue weighted by atomic mass is 32.2. The van der Waals surface area contributed by atoms with Crippen LogP contribution in [0.25, 0.3) is 0 Å². The molecule has 156 valence electrons. The maximum atomic E-state index is 12.2. The number of hydrogen-bond donors (Lipinski definition) is 3. The molecule has 3 N–H and O–H groups in total. The molecule has 0 bridgehead atoms. The van der Waals surface area contributed by atoms with E-state index >= 15 is 0 Å². The molecule has 0 radical (unpaired) electrons. The minimum absolute atomic E-state index is 0.0694.